The fourth-order valence-corrected chi connectivity index (χ4v) is 2.84. The second kappa shape index (κ2) is 6.13. The lowest BCUT2D eigenvalue weighted by Crippen LogP contribution is -2.38. The molecule has 19 heavy (non-hydrogen) atoms. The van der Waals surface area contributed by atoms with E-state index in [0.29, 0.717) is 39.1 Å². The number of hydrogen-bond donors (Lipinski definition) is 1. The molecule has 1 saturated heterocycles. The summed E-state index contributed by atoms with van der Waals surface area (Å²) in [5, 5.41) is 9.05. The molecule has 0 spiro atoms. The number of carbonyl (C=O) groups is 1. The van der Waals surface area contributed by atoms with Crippen LogP contribution in [0.25, 0.3) is 0 Å². The Kier molecular flexibility index (Phi) is 4.73. The minimum Gasteiger partial charge on any atom is -0.481 e. The van der Waals surface area contributed by atoms with Crippen molar-refractivity contribution < 1.29 is 23.4 Å². The first-order valence-electron chi connectivity index (χ1n) is 6.87. The molecule has 0 bridgehead atoms. The molecule has 0 aromatic carbocycles. The summed E-state index contributed by atoms with van der Waals surface area (Å²) in [6, 6.07) is 0. The molecule has 110 valence electrons. The first kappa shape index (κ1) is 14.7. The Morgan fingerprint density at radius 1 is 1.37 bits per heavy atom. The van der Waals surface area contributed by atoms with E-state index in [1.54, 1.807) is 0 Å². The highest BCUT2D eigenvalue weighted by molar-refractivity contribution is 5.70. The van der Waals surface area contributed by atoms with Crippen LogP contribution in [0.2, 0.25) is 0 Å². The third kappa shape index (κ3) is 4.38. The molecule has 1 aliphatic carbocycles. The number of rotatable bonds is 3. The van der Waals surface area contributed by atoms with Crippen molar-refractivity contribution >= 4 is 5.97 Å². The van der Waals surface area contributed by atoms with Crippen molar-refractivity contribution in [2.45, 2.75) is 31.6 Å². The molecule has 0 radical (unpaired) electrons. The van der Waals surface area contributed by atoms with Crippen LogP contribution in [0.3, 0.4) is 0 Å². The fourth-order valence-electron chi connectivity index (χ4n) is 2.84. The smallest absolute Gasteiger partial charge is 0.310 e. The SMILES string of the molecule is O=C(O)C1COCCN(CC2CCC(F)(F)CC2)C1. The lowest BCUT2D eigenvalue weighted by molar-refractivity contribution is -0.143. The molecule has 1 heterocycles. The Morgan fingerprint density at radius 3 is 2.68 bits per heavy atom. The van der Waals surface area contributed by atoms with E-state index in [-0.39, 0.29) is 25.4 Å². The summed E-state index contributed by atoms with van der Waals surface area (Å²) in [5.74, 6) is -3.59. The van der Waals surface area contributed by atoms with Crippen molar-refractivity contribution in [2.75, 3.05) is 32.8 Å². The highest BCUT2D eigenvalue weighted by Gasteiger charge is 2.36. The molecule has 1 unspecified atom stereocenters. The third-order valence-electron chi connectivity index (χ3n) is 4.05. The highest BCUT2D eigenvalue weighted by Crippen LogP contribution is 2.36. The lowest BCUT2D eigenvalue weighted by atomic mass is 9.86. The maximum absolute atomic E-state index is 13.1. The standard InChI is InChI=1S/C13H21F2NO3/c14-13(15)3-1-10(2-4-13)7-16-5-6-19-9-11(8-16)12(17)18/h10-11H,1-9H2,(H,17,18). The predicted octanol–water partition coefficient (Wildman–Crippen LogP) is 1.84. The molecule has 1 aliphatic heterocycles. The lowest BCUT2D eigenvalue weighted by Gasteiger charge is -2.32. The van der Waals surface area contributed by atoms with Crippen molar-refractivity contribution in [3.63, 3.8) is 0 Å². The van der Waals surface area contributed by atoms with Crippen LogP contribution in [0.5, 0.6) is 0 Å². The van der Waals surface area contributed by atoms with Gasteiger partial charge >= 0.3 is 5.97 Å². The molecule has 6 heteroatoms. The Bertz CT molecular complexity index is 315. The maximum atomic E-state index is 13.1. The molecule has 0 aromatic heterocycles. The van der Waals surface area contributed by atoms with Crippen LogP contribution in [-0.2, 0) is 9.53 Å². The van der Waals surface area contributed by atoms with Crippen LogP contribution in [-0.4, -0.2) is 54.7 Å². The van der Waals surface area contributed by atoms with E-state index in [1.165, 1.54) is 0 Å². The van der Waals surface area contributed by atoms with Crippen LogP contribution in [0.1, 0.15) is 25.7 Å². The zero-order valence-corrected chi connectivity index (χ0v) is 11.0. The molecular weight excluding hydrogens is 256 g/mol. The Morgan fingerprint density at radius 2 is 2.05 bits per heavy atom. The van der Waals surface area contributed by atoms with Gasteiger partial charge in [0.2, 0.25) is 5.92 Å². The molecule has 2 aliphatic rings. The number of alkyl halides is 2. The molecular formula is C13H21F2NO3. The minimum atomic E-state index is -2.50. The molecule has 1 saturated carbocycles. The summed E-state index contributed by atoms with van der Waals surface area (Å²) in [6.45, 7) is 2.63. The van der Waals surface area contributed by atoms with Crippen molar-refractivity contribution in [2.24, 2.45) is 11.8 Å². The minimum absolute atomic E-state index is 0.0373. The summed E-state index contributed by atoms with van der Waals surface area (Å²) in [6.07, 6.45) is 0.985. The van der Waals surface area contributed by atoms with Crippen molar-refractivity contribution in [3.8, 4) is 0 Å². The predicted molar refractivity (Wildman–Crippen MR) is 65.3 cm³/mol. The summed E-state index contributed by atoms with van der Waals surface area (Å²) < 4.78 is 31.4. The van der Waals surface area contributed by atoms with E-state index >= 15 is 0 Å². The summed E-state index contributed by atoms with van der Waals surface area (Å²) in [5.41, 5.74) is 0. The van der Waals surface area contributed by atoms with Crippen LogP contribution in [0.4, 0.5) is 8.78 Å². The van der Waals surface area contributed by atoms with Gasteiger partial charge in [0.25, 0.3) is 0 Å². The zero-order valence-electron chi connectivity index (χ0n) is 11.0. The number of hydrogen-bond acceptors (Lipinski definition) is 3. The van der Waals surface area contributed by atoms with Crippen molar-refractivity contribution in [3.05, 3.63) is 0 Å². The van der Waals surface area contributed by atoms with Crippen LogP contribution in [0, 0.1) is 11.8 Å². The highest BCUT2D eigenvalue weighted by atomic mass is 19.3. The molecule has 0 amide bonds. The number of carboxylic acid groups (broad SMARTS) is 1. The third-order valence-corrected chi connectivity index (χ3v) is 4.05. The number of carboxylic acids is 1. The van der Waals surface area contributed by atoms with Gasteiger partial charge in [0.05, 0.1) is 19.1 Å². The van der Waals surface area contributed by atoms with Gasteiger partial charge in [-0.25, -0.2) is 8.78 Å². The Labute approximate surface area is 111 Å². The first-order chi connectivity index (χ1) is 8.96. The molecule has 1 atom stereocenters. The fraction of sp³-hybridized carbons (Fsp3) is 0.923. The van der Waals surface area contributed by atoms with E-state index in [0.717, 1.165) is 0 Å². The van der Waals surface area contributed by atoms with Gasteiger partial charge in [-0.1, -0.05) is 0 Å². The molecule has 1 N–H and O–H groups in total. The average molecular weight is 277 g/mol. The quantitative estimate of drug-likeness (QED) is 0.855. The summed E-state index contributed by atoms with van der Waals surface area (Å²) in [4.78, 5) is 13.1. The molecule has 2 rings (SSSR count). The number of aliphatic carboxylic acids is 1. The Balaban J connectivity index is 1.82. The van der Waals surface area contributed by atoms with Gasteiger partial charge in [0.15, 0.2) is 0 Å². The normalized spacial score (nSPS) is 29.9. The van der Waals surface area contributed by atoms with E-state index in [4.69, 9.17) is 9.84 Å². The van der Waals surface area contributed by atoms with Gasteiger partial charge in [-0.15, -0.1) is 0 Å². The van der Waals surface area contributed by atoms with Crippen LogP contribution >= 0.6 is 0 Å². The van der Waals surface area contributed by atoms with Gasteiger partial charge in [-0.3, -0.25) is 9.69 Å². The maximum Gasteiger partial charge on any atom is 0.310 e. The van der Waals surface area contributed by atoms with Gasteiger partial charge in [-0.05, 0) is 18.8 Å². The van der Waals surface area contributed by atoms with Gasteiger partial charge in [0.1, 0.15) is 0 Å². The van der Waals surface area contributed by atoms with E-state index in [9.17, 15) is 13.6 Å². The van der Waals surface area contributed by atoms with Crippen molar-refractivity contribution in [1.82, 2.24) is 4.90 Å². The first-order valence-corrected chi connectivity index (χ1v) is 6.87. The van der Waals surface area contributed by atoms with E-state index in [2.05, 4.69) is 4.90 Å². The number of nitrogens with zero attached hydrogens (tertiary/aromatic N) is 1. The monoisotopic (exact) mass is 277 g/mol. The van der Waals surface area contributed by atoms with Crippen molar-refractivity contribution in [1.29, 1.82) is 0 Å². The van der Waals surface area contributed by atoms with Crippen LogP contribution < -0.4 is 0 Å². The average Bonchev–Trinajstić information content (AvgIpc) is 2.57. The van der Waals surface area contributed by atoms with Gasteiger partial charge < -0.3 is 9.84 Å². The summed E-state index contributed by atoms with van der Waals surface area (Å²) >= 11 is 0. The largest absolute Gasteiger partial charge is 0.481 e. The van der Waals surface area contributed by atoms with E-state index in [1.807, 2.05) is 0 Å². The number of halogens is 2. The van der Waals surface area contributed by atoms with Gasteiger partial charge in [0, 0.05) is 32.5 Å². The van der Waals surface area contributed by atoms with Crippen LogP contribution in [0.15, 0.2) is 0 Å². The zero-order chi connectivity index (χ0) is 13.9. The Hall–Kier alpha value is -0.750. The second-order valence-corrected chi connectivity index (χ2v) is 5.67. The molecule has 0 aromatic rings. The topological polar surface area (TPSA) is 49.8 Å². The molecule has 4 nitrogen and oxygen atoms in total. The van der Waals surface area contributed by atoms with E-state index < -0.39 is 17.8 Å². The molecule has 2 fully saturated rings. The second-order valence-electron chi connectivity index (χ2n) is 5.67. The summed E-state index contributed by atoms with van der Waals surface area (Å²) in [7, 11) is 0. The van der Waals surface area contributed by atoms with Gasteiger partial charge in [-0.2, -0.15) is 0 Å². The number of ether oxygens (including phenoxy) is 1.